The number of carbonyl (C=O) groups is 2. The van der Waals surface area contributed by atoms with Gasteiger partial charge in [-0.15, -0.1) is 0 Å². The van der Waals surface area contributed by atoms with Gasteiger partial charge >= 0.3 is 11.9 Å². The zero-order valence-electron chi connectivity index (χ0n) is 17.2. The monoisotopic (exact) mass is 391 g/mol. The smallest absolute Gasteiger partial charge is 0.363 e. The van der Waals surface area contributed by atoms with Gasteiger partial charge in [0.15, 0.2) is 5.70 Å². The van der Waals surface area contributed by atoms with E-state index < -0.39 is 5.97 Å². The Morgan fingerprint density at radius 1 is 1.07 bits per heavy atom. The van der Waals surface area contributed by atoms with Gasteiger partial charge in [0.25, 0.3) is 0 Å². The third kappa shape index (κ3) is 5.19. The summed E-state index contributed by atoms with van der Waals surface area (Å²) in [7, 11) is 0. The van der Waals surface area contributed by atoms with Gasteiger partial charge in [-0.25, -0.2) is 9.79 Å². The number of nitrogens with zero attached hydrogens (tertiary/aromatic N) is 1. The minimum Gasteiger partial charge on any atom is -0.427 e. The second kappa shape index (κ2) is 8.43. The van der Waals surface area contributed by atoms with E-state index >= 15 is 0 Å². The Kier molecular flexibility index (Phi) is 5.97. The van der Waals surface area contributed by atoms with E-state index in [2.05, 4.69) is 25.8 Å². The standard InChI is InChI=1S/C24H25NO4/c1-5-6-21(26)28-19-13-7-16(8-14-19)15-20-23(27)29-22(25-20)17-9-11-18(12-10-17)24(2,3)4/h7-15H,5-6H2,1-4H3/b20-15-. The molecule has 0 fully saturated rings. The van der Waals surface area contributed by atoms with Gasteiger partial charge in [-0.2, -0.15) is 0 Å². The molecule has 2 aromatic carbocycles. The maximum atomic E-state index is 12.2. The first-order chi connectivity index (χ1) is 13.8. The Bertz CT molecular complexity index is 961. The Hall–Kier alpha value is -3.21. The molecule has 1 heterocycles. The molecule has 0 bridgehead atoms. The van der Waals surface area contributed by atoms with E-state index in [0.717, 1.165) is 17.5 Å². The van der Waals surface area contributed by atoms with Gasteiger partial charge in [0.2, 0.25) is 5.90 Å². The maximum Gasteiger partial charge on any atom is 0.363 e. The summed E-state index contributed by atoms with van der Waals surface area (Å²) in [5.41, 5.74) is 3.00. The number of ether oxygens (including phenoxy) is 2. The lowest BCUT2D eigenvalue weighted by Gasteiger charge is -2.18. The molecule has 1 aliphatic rings. The molecule has 0 aliphatic carbocycles. The van der Waals surface area contributed by atoms with Crippen LogP contribution < -0.4 is 4.74 Å². The number of benzene rings is 2. The first kappa shape index (κ1) is 20.5. The summed E-state index contributed by atoms with van der Waals surface area (Å²) < 4.78 is 10.6. The molecule has 0 N–H and O–H groups in total. The Labute approximate surface area is 171 Å². The van der Waals surface area contributed by atoms with Crippen LogP contribution in [0.4, 0.5) is 0 Å². The fourth-order valence-corrected chi connectivity index (χ4v) is 2.82. The van der Waals surface area contributed by atoms with E-state index in [-0.39, 0.29) is 17.1 Å². The third-order valence-electron chi connectivity index (χ3n) is 4.49. The summed E-state index contributed by atoms with van der Waals surface area (Å²) in [6.07, 6.45) is 2.77. The topological polar surface area (TPSA) is 65.0 Å². The molecule has 0 spiro atoms. The molecular formula is C24H25NO4. The van der Waals surface area contributed by atoms with Gasteiger partial charge in [-0.3, -0.25) is 4.79 Å². The molecule has 5 heteroatoms. The van der Waals surface area contributed by atoms with Crippen LogP contribution in [0.25, 0.3) is 6.08 Å². The molecule has 1 aliphatic heterocycles. The van der Waals surface area contributed by atoms with Crippen molar-refractivity contribution in [1.82, 2.24) is 0 Å². The molecule has 2 aromatic rings. The van der Waals surface area contributed by atoms with E-state index in [0.29, 0.717) is 18.1 Å². The van der Waals surface area contributed by atoms with Crippen LogP contribution in [-0.4, -0.2) is 17.8 Å². The molecule has 150 valence electrons. The Balaban J connectivity index is 1.75. The number of hydrogen-bond donors (Lipinski definition) is 0. The van der Waals surface area contributed by atoms with Gasteiger partial charge < -0.3 is 9.47 Å². The van der Waals surface area contributed by atoms with Crippen molar-refractivity contribution < 1.29 is 19.1 Å². The number of aliphatic imine (C=N–C) groups is 1. The van der Waals surface area contributed by atoms with Gasteiger partial charge in [-0.1, -0.05) is 52.0 Å². The summed E-state index contributed by atoms with van der Waals surface area (Å²) in [6.45, 7) is 8.36. The molecule has 0 unspecified atom stereocenters. The third-order valence-corrected chi connectivity index (χ3v) is 4.49. The molecule has 0 saturated heterocycles. The molecule has 0 amide bonds. The Morgan fingerprint density at radius 2 is 1.72 bits per heavy atom. The largest absolute Gasteiger partial charge is 0.427 e. The lowest BCUT2D eigenvalue weighted by molar-refractivity contribution is -0.134. The summed E-state index contributed by atoms with van der Waals surface area (Å²) >= 11 is 0. The highest BCUT2D eigenvalue weighted by Crippen LogP contribution is 2.25. The second-order valence-electron chi connectivity index (χ2n) is 7.96. The highest BCUT2D eigenvalue weighted by atomic mass is 16.6. The Morgan fingerprint density at radius 3 is 2.31 bits per heavy atom. The van der Waals surface area contributed by atoms with Crippen molar-refractivity contribution in [3.05, 3.63) is 70.9 Å². The van der Waals surface area contributed by atoms with Crippen LogP contribution in [0, 0.1) is 0 Å². The van der Waals surface area contributed by atoms with E-state index in [4.69, 9.17) is 9.47 Å². The van der Waals surface area contributed by atoms with Gasteiger partial charge in [0.05, 0.1) is 0 Å². The van der Waals surface area contributed by atoms with E-state index in [9.17, 15) is 9.59 Å². The number of cyclic esters (lactones) is 1. The normalized spacial score (nSPS) is 15.2. The predicted octanol–water partition coefficient (Wildman–Crippen LogP) is 5.03. The van der Waals surface area contributed by atoms with Crippen molar-refractivity contribution >= 4 is 23.9 Å². The first-order valence-corrected chi connectivity index (χ1v) is 9.70. The minimum absolute atomic E-state index is 0.0504. The molecule has 29 heavy (non-hydrogen) atoms. The lowest BCUT2D eigenvalue weighted by Crippen LogP contribution is -2.11. The first-order valence-electron chi connectivity index (χ1n) is 9.70. The summed E-state index contributed by atoms with van der Waals surface area (Å²) in [5.74, 6) is 0.0256. The number of carbonyl (C=O) groups excluding carboxylic acids is 2. The maximum absolute atomic E-state index is 12.2. The number of rotatable bonds is 5. The fourth-order valence-electron chi connectivity index (χ4n) is 2.82. The van der Waals surface area contributed by atoms with E-state index in [1.54, 1.807) is 30.3 Å². The molecule has 3 rings (SSSR count). The van der Waals surface area contributed by atoms with Crippen LogP contribution in [-0.2, 0) is 19.7 Å². The lowest BCUT2D eigenvalue weighted by atomic mass is 9.87. The highest BCUT2D eigenvalue weighted by molar-refractivity contribution is 6.12. The molecule has 0 aromatic heterocycles. The number of esters is 2. The van der Waals surface area contributed by atoms with Crippen LogP contribution in [0.3, 0.4) is 0 Å². The molecule has 0 atom stereocenters. The van der Waals surface area contributed by atoms with Gasteiger partial charge in [-0.05, 0) is 53.3 Å². The van der Waals surface area contributed by atoms with Crippen molar-refractivity contribution in [1.29, 1.82) is 0 Å². The average molecular weight is 391 g/mol. The van der Waals surface area contributed by atoms with E-state index in [1.807, 2.05) is 31.2 Å². The quantitative estimate of drug-likeness (QED) is 0.407. The molecule has 0 radical (unpaired) electrons. The van der Waals surface area contributed by atoms with Crippen molar-refractivity contribution in [2.24, 2.45) is 4.99 Å². The summed E-state index contributed by atoms with van der Waals surface area (Å²) in [6, 6.07) is 14.8. The van der Waals surface area contributed by atoms with Crippen LogP contribution in [0.1, 0.15) is 57.2 Å². The van der Waals surface area contributed by atoms with Crippen molar-refractivity contribution in [2.45, 2.75) is 46.0 Å². The summed E-state index contributed by atoms with van der Waals surface area (Å²) in [4.78, 5) is 28.1. The zero-order chi connectivity index (χ0) is 21.0. The SMILES string of the molecule is CCCC(=O)Oc1ccc(/C=C2\N=C(c3ccc(C(C)(C)C)cc3)OC2=O)cc1. The van der Waals surface area contributed by atoms with Crippen LogP contribution in [0.5, 0.6) is 5.75 Å². The second-order valence-corrected chi connectivity index (χ2v) is 7.96. The van der Waals surface area contributed by atoms with Gasteiger partial charge in [0.1, 0.15) is 5.75 Å². The fraction of sp³-hybridized carbons (Fsp3) is 0.292. The van der Waals surface area contributed by atoms with Crippen molar-refractivity contribution in [2.75, 3.05) is 0 Å². The molecule has 5 nitrogen and oxygen atoms in total. The van der Waals surface area contributed by atoms with Crippen molar-refractivity contribution in [3.63, 3.8) is 0 Å². The predicted molar refractivity (Wildman–Crippen MR) is 113 cm³/mol. The molecule has 0 saturated carbocycles. The van der Waals surface area contributed by atoms with E-state index in [1.165, 1.54) is 5.56 Å². The average Bonchev–Trinajstić information content (AvgIpc) is 3.03. The highest BCUT2D eigenvalue weighted by Gasteiger charge is 2.24. The van der Waals surface area contributed by atoms with Crippen LogP contribution >= 0.6 is 0 Å². The zero-order valence-corrected chi connectivity index (χ0v) is 17.2. The number of hydrogen-bond acceptors (Lipinski definition) is 5. The van der Waals surface area contributed by atoms with Crippen LogP contribution in [0.15, 0.2) is 59.2 Å². The molecular weight excluding hydrogens is 366 g/mol. The summed E-state index contributed by atoms with van der Waals surface area (Å²) in [5, 5.41) is 0. The van der Waals surface area contributed by atoms with Crippen molar-refractivity contribution in [3.8, 4) is 5.75 Å². The minimum atomic E-state index is -0.488. The van der Waals surface area contributed by atoms with Gasteiger partial charge in [0, 0.05) is 12.0 Å². The van der Waals surface area contributed by atoms with Crippen LogP contribution in [0.2, 0.25) is 0 Å².